The molecule has 3 unspecified atom stereocenters. The first-order valence-corrected chi connectivity index (χ1v) is 7.74. The van der Waals surface area contributed by atoms with Crippen LogP contribution in [0.5, 0.6) is 0 Å². The van der Waals surface area contributed by atoms with E-state index in [0.29, 0.717) is 5.92 Å². The first-order chi connectivity index (χ1) is 9.90. The third-order valence-corrected chi connectivity index (χ3v) is 4.11. The van der Waals surface area contributed by atoms with Crippen molar-refractivity contribution in [2.24, 2.45) is 5.92 Å². The number of nitrogens with one attached hydrogen (secondary N) is 1. The van der Waals surface area contributed by atoms with Crippen LogP contribution >= 0.6 is 0 Å². The highest BCUT2D eigenvalue weighted by Gasteiger charge is 2.39. The average molecular weight is 292 g/mol. The number of hydrogen-bond acceptors (Lipinski definition) is 2. The van der Waals surface area contributed by atoms with Gasteiger partial charge in [-0.2, -0.15) is 0 Å². The molecule has 1 N–H and O–H groups in total. The molecule has 1 saturated heterocycles. The zero-order valence-electron chi connectivity index (χ0n) is 13.3. The van der Waals surface area contributed by atoms with Crippen LogP contribution in [0.25, 0.3) is 0 Å². The first-order valence-electron chi connectivity index (χ1n) is 7.74. The maximum absolute atomic E-state index is 13.5. The molecule has 0 aliphatic carbocycles. The highest BCUT2D eigenvalue weighted by atomic mass is 19.1. The van der Waals surface area contributed by atoms with Gasteiger partial charge in [-0.05, 0) is 50.3 Å². The molecule has 116 valence electrons. The van der Waals surface area contributed by atoms with Crippen LogP contribution in [0.3, 0.4) is 0 Å². The molecule has 3 atom stereocenters. The first kappa shape index (κ1) is 16.0. The SMILES string of the molecule is CC(C)CCC(C)N1C(=O)C(C)NC1c1cccc(F)c1. The van der Waals surface area contributed by atoms with Crippen molar-refractivity contribution < 1.29 is 9.18 Å². The van der Waals surface area contributed by atoms with E-state index in [1.54, 1.807) is 6.07 Å². The molecular weight excluding hydrogens is 267 g/mol. The van der Waals surface area contributed by atoms with Crippen molar-refractivity contribution in [2.75, 3.05) is 0 Å². The topological polar surface area (TPSA) is 32.3 Å². The van der Waals surface area contributed by atoms with Gasteiger partial charge in [-0.15, -0.1) is 0 Å². The summed E-state index contributed by atoms with van der Waals surface area (Å²) in [7, 11) is 0. The highest BCUT2D eigenvalue weighted by Crippen LogP contribution is 2.29. The molecule has 21 heavy (non-hydrogen) atoms. The Bertz CT molecular complexity index is 503. The van der Waals surface area contributed by atoms with Gasteiger partial charge in [0.1, 0.15) is 12.0 Å². The number of hydrogen-bond donors (Lipinski definition) is 1. The van der Waals surface area contributed by atoms with Crippen LogP contribution in [0.2, 0.25) is 0 Å². The Hall–Kier alpha value is -1.42. The van der Waals surface area contributed by atoms with Crippen LogP contribution < -0.4 is 5.32 Å². The Morgan fingerprint density at radius 1 is 1.29 bits per heavy atom. The normalized spacial score (nSPS) is 23.9. The van der Waals surface area contributed by atoms with Crippen molar-refractivity contribution in [3.63, 3.8) is 0 Å². The zero-order valence-corrected chi connectivity index (χ0v) is 13.3. The van der Waals surface area contributed by atoms with E-state index < -0.39 is 0 Å². The van der Waals surface area contributed by atoms with E-state index in [2.05, 4.69) is 26.1 Å². The summed E-state index contributed by atoms with van der Waals surface area (Å²) in [6.45, 7) is 8.31. The monoisotopic (exact) mass is 292 g/mol. The maximum Gasteiger partial charge on any atom is 0.241 e. The average Bonchev–Trinajstić information content (AvgIpc) is 2.72. The molecule has 0 radical (unpaired) electrons. The molecule has 0 spiro atoms. The van der Waals surface area contributed by atoms with Gasteiger partial charge >= 0.3 is 0 Å². The molecule has 1 aromatic rings. The van der Waals surface area contributed by atoms with Crippen LogP contribution in [0.4, 0.5) is 4.39 Å². The van der Waals surface area contributed by atoms with Gasteiger partial charge in [-0.1, -0.05) is 26.0 Å². The summed E-state index contributed by atoms with van der Waals surface area (Å²) in [5.74, 6) is 0.444. The molecule has 1 heterocycles. The zero-order chi connectivity index (χ0) is 15.6. The van der Waals surface area contributed by atoms with Gasteiger partial charge < -0.3 is 4.90 Å². The largest absolute Gasteiger partial charge is 0.319 e. The molecule has 1 fully saturated rings. The second-order valence-electron chi connectivity index (χ2n) is 6.41. The quantitative estimate of drug-likeness (QED) is 0.901. The predicted molar refractivity (Wildman–Crippen MR) is 82.1 cm³/mol. The number of carbonyl (C=O) groups excluding carboxylic acids is 1. The number of amides is 1. The minimum Gasteiger partial charge on any atom is -0.319 e. The summed E-state index contributed by atoms with van der Waals surface area (Å²) >= 11 is 0. The standard InChI is InChI=1S/C17H25FN2O/c1-11(2)8-9-12(3)20-16(19-13(4)17(20)21)14-6-5-7-15(18)10-14/h5-7,10-13,16,19H,8-9H2,1-4H3. The number of nitrogens with zero attached hydrogens (tertiary/aromatic N) is 1. The van der Waals surface area contributed by atoms with Crippen LogP contribution in [-0.4, -0.2) is 22.9 Å². The van der Waals surface area contributed by atoms with E-state index in [0.717, 1.165) is 18.4 Å². The van der Waals surface area contributed by atoms with Gasteiger partial charge in [0.2, 0.25) is 5.91 Å². The van der Waals surface area contributed by atoms with Crippen molar-refractivity contribution in [3.8, 4) is 0 Å². The van der Waals surface area contributed by atoms with Gasteiger partial charge in [0.05, 0.1) is 6.04 Å². The van der Waals surface area contributed by atoms with Crippen LogP contribution in [-0.2, 0) is 4.79 Å². The molecular formula is C17H25FN2O. The number of benzene rings is 1. The molecule has 4 heteroatoms. The lowest BCUT2D eigenvalue weighted by molar-refractivity contribution is -0.132. The van der Waals surface area contributed by atoms with E-state index in [4.69, 9.17) is 0 Å². The van der Waals surface area contributed by atoms with Gasteiger partial charge in [0.15, 0.2) is 0 Å². The Kier molecular flexibility index (Phi) is 4.99. The van der Waals surface area contributed by atoms with Crippen molar-refractivity contribution in [1.82, 2.24) is 10.2 Å². The number of rotatable bonds is 5. The molecule has 3 nitrogen and oxygen atoms in total. The molecule has 0 aromatic heterocycles. The molecule has 0 bridgehead atoms. The van der Waals surface area contributed by atoms with E-state index in [1.165, 1.54) is 12.1 Å². The van der Waals surface area contributed by atoms with Crippen LogP contribution in [0, 0.1) is 11.7 Å². The maximum atomic E-state index is 13.5. The van der Waals surface area contributed by atoms with E-state index >= 15 is 0 Å². The van der Waals surface area contributed by atoms with E-state index in [1.807, 2.05) is 17.9 Å². The van der Waals surface area contributed by atoms with Gasteiger partial charge in [-0.3, -0.25) is 10.1 Å². The minimum absolute atomic E-state index is 0.0977. The van der Waals surface area contributed by atoms with Crippen molar-refractivity contribution in [3.05, 3.63) is 35.6 Å². The molecule has 0 saturated carbocycles. The lowest BCUT2D eigenvalue weighted by Crippen LogP contribution is -2.38. The van der Waals surface area contributed by atoms with Gasteiger partial charge in [-0.25, -0.2) is 4.39 Å². The van der Waals surface area contributed by atoms with Crippen LogP contribution in [0.15, 0.2) is 24.3 Å². The third kappa shape index (κ3) is 3.62. The highest BCUT2D eigenvalue weighted by molar-refractivity contribution is 5.84. The van der Waals surface area contributed by atoms with Crippen molar-refractivity contribution in [1.29, 1.82) is 0 Å². The van der Waals surface area contributed by atoms with Crippen molar-refractivity contribution >= 4 is 5.91 Å². The summed E-state index contributed by atoms with van der Waals surface area (Å²) in [6, 6.07) is 6.41. The summed E-state index contributed by atoms with van der Waals surface area (Å²) in [5.41, 5.74) is 0.809. The fraction of sp³-hybridized carbons (Fsp3) is 0.588. The molecule has 1 aromatic carbocycles. The Morgan fingerprint density at radius 3 is 2.62 bits per heavy atom. The van der Waals surface area contributed by atoms with Gasteiger partial charge in [0.25, 0.3) is 0 Å². The number of halogens is 1. The fourth-order valence-electron chi connectivity index (χ4n) is 2.86. The summed E-state index contributed by atoms with van der Waals surface area (Å²) in [4.78, 5) is 14.3. The summed E-state index contributed by atoms with van der Waals surface area (Å²) in [6.07, 6.45) is 1.81. The second kappa shape index (κ2) is 6.56. The lowest BCUT2D eigenvalue weighted by Gasteiger charge is -2.31. The Morgan fingerprint density at radius 2 is 2.00 bits per heavy atom. The Balaban J connectivity index is 2.20. The van der Waals surface area contributed by atoms with E-state index in [-0.39, 0.29) is 30.0 Å². The Labute approximate surface area is 126 Å². The molecule has 1 aliphatic heterocycles. The fourth-order valence-corrected chi connectivity index (χ4v) is 2.86. The summed E-state index contributed by atoms with van der Waals surface area (Å²) in [5, 5.41) is 3.28. The van der Waals surface area contributed by atoms with E-state index in [9.17, 15) is 9.18 Å². The summed E-state index contributed by atoms with van der Waals surface area (Å²) < 4.78 is 13.5. The van der Waals surface area contributed by atoms with Crippen LogP contribution in [0.1, 0.15) is 52.3 Å². The molecule has 1 aliphatic rings. The lowest BCUT2D eigenvalue weighted by atomic mass is 10.0. The number of carbonyl (C=O) groups is 1. The third-order valence-electron chi connectivity index (χ3n) is 4.11. The molecule has 2 rings (SSSR count). The van der Waals surface area contributed by atoms with Crippen molar-refractivity contribution in [2.45, 2.75) is 58.8 Å². The van der Waals surface area contributed by atoms with Gasteiger partial charge in [0, 0.05) is 6.04 Å². The minimum atomic E-state index is -0.268. The predicted octanol–water partition coefficient (Wildman–Crippen LogP) is 3.47. The smallest absolute Gasteiger partial charge is 0.241 e. The second-order valence-corrected chi connectivity index (χ2v) is 6.41. The molecule has 1 amide bonds.